The van der Waals surface area contributed by atoms with Crippen LogP contribution in [0.25, 0.3) is 5.32 Å². The Hall–Kier alpha value is 0.373. The van der Waals surface area contributed by atoms with E-state index in [2.05, 4.69) is 170 Å². The Labute approximate surface area is 397 Å². The summed E-state index contributed by atoms with van der Waals surface area (Å²) in [5.41, 5.74) is 2.61. The van der Waals surface area contributed by atoms with E-state index < -0.39 is 15.8 Å². The van der Waals surface area contributed by atoms with E-state index in [1.54, 1.807) is 0 Å². The zero-order valence-electron chi connectivity index (χ0n) is 27.5. The molecule has 0 amide bonds. The fourth-order valence-corrected chi connectivity index (χ4v) is 10.1. The van der Waals surface area contributed by atoms with E-state index in [1.807, 2.05) is 0 Å². The number of hydrogen-bond acceptors (Lipinski definition) is 0. The molecule has 0 aliphatic rings. The van der Waals surface area contributed by atoms with Crippen molar-refractivity contribution in [1.29, 1.82) is 0 Å². The van der Waals surface area contributed by atoms with Crippen LogP contribution >= 0.6 is 62.2 Å². The molecule has 6 aromatic rings. The minimum atomic E-state index is -0.672. The molecule has 0 aliphatic heterocycles. The van der Waals surface area contributed by atoms with Gasteiger partial charge in [-0.25, -0.2) is 0 Å². The van der Waals surface area contributed by atoms with Crippen molar-refractivity contribution < 1.29 is 98.1 Å². The van der Waals surface area contributed by atoms with E-state index >= 15 is 0 Å². The molecule has 264 valence electrons. The Morgan fingerprint density at radius 1 is 0.353 bits per heavy atom. The van der Waals surface area contributed by atoms with Crippen molar-refractivity contribution in [3.8, 4) is 0 Å². The Bertz CT molecular complexity index is 1520. The number of benzene rings is 6. The zero-order chi connectivity index (χ0) is 33.1. The number of nitrogens with zero attached hydrogens (tertiary/aromatic N) is 1. The molecule has 0 radical (unpaired) electrons. The van der Waals surface area contributed by atoms with Crippen LogP contribution in [0.5, 0.6) is 0 Å². The number of rotatable bonds is 10. The summed E-state index contributed by atoms with van der Waals surface area (Å²) < 4.78 is 0. The molecule has 0 N–H and O–H groups in total. The average Bonchev–Trinajstić information content (AvgIpc) is 3.12. The zero-order valence-corrected chi connectivity index (χ0v) is 41.2. The normalized spacial score (nSPS) is 9.69. The third kappa shape index (κ3) is 16.6. The van der Waals surface area contributed by atoms with Crippen molar-refractivity contribution in [2.24, 2.45) is 0 Å². The molecule has 0 saturated heterocycles. The van der Waals surface area contributed by atoms with Gasteiger partial charge in [0, 0.05) is 0 Å². The van der Waals surface area contributed by atoms with Gasteiger partial charge in [-0.2, -0.15) is 0 Å². The summed E-state index contributed by atoms with van der Waals surface area (Å²) in [4.78, 5) is 0. The van der Waals surface area contributed by atoms with Gasteiger partial charge in [-0.1, -0.05) is 181 Å². The molecule has 0 heterocycles. The minimum absolute atomic E-state index is 0. The molecule has 0 spiro atoms. The molecule has 0 fully saturated rings. The topological polar surface area (TPSA) is 14.1 Å². The number of alkyl halides is 4. The molecule has 0 bridgehead atoms. The fourth-order valence-electron chi connectivity index (χ4n) is 5.18. The summed E-state index contributed by atoms with van der Waals surface area (Å²) in [5, 5.41) is 13.8. The van der Waals surface area contributed by atoms with Crippen LogP contribution in [0.4, 0.5) is 0 Å². The van der Waals surface area contributed by atoms with E-state index in [-0.39, 0.29) is 109 Å². The van der Waals surface area contributed by atoms with E-state index in [1.165, 1.54) is 43.0 Å². The van der Waals surface area contributed by atoms with Crippen LogP contribution < -0.4 is 104 Å². The molecular weight excluding hydrogens is 1170 g/mol. The van der Waals surface area contributed by atoms with Gasteiger partial charge in [-0.05, 0) is 47.7 Å². The molecule has 6 aromatic carbocycles. The van der Waals surface area contributed by atoms with E-state index in [9.17, 15) is 0 Å². The Balaban J connectivity index is 0.00000234. The Morgan fingerprint density at radius 2 is 0.569 bits per heavy atom. The number of hydrogen-bond donors (Lipinski definition) is 0. The molecular formula is C40H36Cl4I3NP2Zr. The van der Waals surface area contributed by atoms with Crippen LogP contribution in [-0.4, -0.2) is 10.7 Å². The number of halogens is 7. The third-order valence-electron chi connectivity index (χ3n) is 7.09. The first kappa shape index (κ1) is 51.4. The summed E-state index contributed by atoms with van der Waals surface area (Å²) in [6.45, 7) is 1.38. The second-order valence-electron chi connectivity index (χ2n) is 10.0. The monoisotopic (exact) mass is 1200 g/mol. The van der Waals surface area contributed by atoms with E-state index in [0.717, 1.165) is 0 Å². The standard InChI is InChI=1S/C38H32NP2.2CH2Cl2.3HI.Zr/c1-5-19-33(20-6-1)40(34-21-7-2-8-22-34)37-27-15-13-17-31(37)29-39-30-32-18-14-16-28-38(32)41(35-23-9-3-10-24-35)36-25-11-4-12-26-36;2*2-1-3;;;;/h1-28H,29-30H2;2*1H2;3*1H;/q-1;;;;;;+4/p-3. The van der Waals surface area contributed by atoms with Gasteiger partial charge in [0.1, 0.15) is 0 Å². The quantitative estimate of drug-likeness (QED) is 0.111. The summed E-state index contributed by atoms with van der Waals surface area (Å²) in [6.07, 6.45) is 0. The maximum atomic E-state index is 5.19. The molecule has 0 aliphatic carbocycles. The van der Waals surface area contributed by atoms with Crippen molar-refractivity contribution >= 4 is 94.1 Å². The Kier molecular flexibility index (Phi) is 30.8. The molecule has 0 unspecified atom stereocenters. The van der Waals surface area contributed by atoms with Gasteiger partial charge >= 0.3 is 26.2 Å². The van der Waals surface area contributed by atoms with Crippen LogP contribution in [0.1, 0.15) is 11.1 Å². The molecule has 0 saturated carbocycles. The van der Waals surface area contributed by atoms with Crippen molar-refractivity contribution in [1.82, 2.24) is 0 Å². The first-order chi connectivity index (χ1) is 23.2. The van der Waals surface area contributed by atoms with Crippen molar-refractivity contribution in [3.05, 3.63) is 186 Å². The van der Waals surface area contributed by atoms with Gasteiger partial charge < -0.3 is 77.2 Å². The van der Waals surface area contributed by atoms with Gasteiger partial charge in [0.2, 0.25) is 0 Å². The molecule has 51 heavy (non-hydrogen) atoms. The third-order valence-corrected chi connectivity index (χ3v) is 12.2. The van der Waals surface area contributed by atoms with Crippen LogP contribution in [0.3, 0.4) is 0 Å². The first-order valence-corrected chi connectivity index (χ1v) is 19.9. The molecule has 1 nitrogen and oxygen atoms in total. The van der Waals surface area contributed by atoms with Crippen LogP contribution in [0.2, 0.25) is 0 Å². The SMILES string of the molecule is ClCCl.ClCCl.[I-].[I-].[I-].[Zr+4].c1ccc(P(c2ccccc2)c2ccccc2C[N-]Cc2ccccc2P(c2ccccc2)c2ccccc2)cc1. The molecule has 0 aromatic heterocycles. The van der Waals surface area contributed by atoms with Gasteiger partial charge in [-0.3, -0.25) is 0 Å². The van der Waals surface area contributed by atoms with Crippen molar-refractivity contribution in [2.75, 3.05) is 10.7 Å². The van der Waals surface area contributed by atoms with Crippen LogP contribution in [0, 0.1) is 0 Å². The predicted octanol–water partition coefficient (Wildman–Crippen LogP) is 1.13. The van der Waals surface area contributed by atoms with Gasteiger partial charge in [0.05, 0.1) is 10.7 Å². The smallest absolute Gasteiger partial charge is 1.00 e. The van der Waals surface area contributed by atoms with Gasteiger partial charge in [0.15, 0.2) is 0 Å². The van der Waals surface area contributed by atoms with Gasteiger partial charge in [0.25, 0.3) is 0 Å². The average molecular weight is 1210 g/mol. The summed E-state index contributed by atoms with van der Waals surface area (Å²) in [6, 6.07) is 61.4. The fraction of sp³-hybridized carbons (Fsp3) is 0.100. The summed E-state index contributed by atoms with van der Waals surface area (Å²) in [7, 11) is -1.34. The Morgan fingerprint density at radius 3 is 0.824 bits per heavy atom. The first-order valence-electron chi connectivity index (χ1n) is 15.0. The van der Waals surface area contributed by atoms with Crippen LogP contribution in [-0.2, 0) is 39.3 Å². The summed E-state index contributed by atoms with van der Waals surface area (Å²) in [5.74, 6) is 0. The van der Waals surface area contributed by atoms with Gasteiger partial charge in [-0.15, -0.1) is 59.5 Å². The van der Waals surface area contributed by atoms with E-state index in [0.29, 0.717) is 13.1 Å². The molecule has 6 rings (SSSR count). The molecule has 0 atom stereocenters. The largest absolute Gasteiger partial charge is 4.00 e. The van der Waals surface area contributed by atoms with Crippen LogP contribution in [0.15, 0.2) is 170 Å². The predicted molar refractivity (Wildman–Crippen MR) is 214 cm³/mol. The minimum Gasteiger partial charge on any atom is -1.00 e. The second kappa shape index (κ2) is 30.6. The maximum Gasteiger partial charge on any atom is 4.00 e. The second-order valence-corrected chi connectivity index (χ2v) is 16.0. The molecule has 11 heteroatoms. The maximum absolute atomic E-state index is 5.19. The van der Waals surface area contributed by atoms with E-state index in [4.69, 9.17) is 51.7 Å². The van der Waals surface area contributed by atoms with Crippen molar-refractivity contribution in [3.63, 3.8) is 0 Å². The summed E-state index contributed by atoms with van der Waals surface area (Å²) >= 11 is 19.1. The van der Waals surface area contributed by atoms with Crippen molar-refractivity contribution in [2.45, 2.75) is 13.1 Å².